The predicted molar refractivity (Wildman–Crippen MR) is 73.2 cm³/mol. The van der Waals surface area contributed by atoms with Gasteiger partial charge in [-0.25, -0.2) is 9.71 Å². The monoisotopic (exact) mass is 303 g/mol. The minimum absolute atomic E-state index is 0.0791. The number of ether oxygens (including phenoxy) is 1. The molecule has 9 heteroatoms. The lowest BCUT2D eigenvalue weighted by molar-refractivity contribution is -0.0443. The van der Waals surface area contributed by atoms with Crippen LogP contribution < -0.4 is 4.72 Å². The van der Waals surface area contributed by atoms with Crippen LogP contribution in [0.25, 0.3) is 0 Å². The molecule has 0 aromatic carbocycles. The summed E-state index contributed by atoms with van der Waals surface area (Å²) in [6, 6.07) is 0. The van der Waals surface area contributed by atoms with Crippen LogP contribution in [0.15, 0.2) is 6.33 Å². The van der Waals surface area contributed by atoms with E-state index in [1.54, 1.807) is 0 Å². The SMILES string of the molecule is CC1CN(S(=O)(=O)NCCCc2ncn[nH]2)CC(C)O1. The van der Waals surface area contributed by atoms with E-state index in [9.17, 15) is 8.42 Å². The molecule has 1 aliphatic heterocycles. The topological polar surface area (TPSA) is 100 Å². The van der Waals surface area contributed by atoms with E-state index >= 15 is 0 Å². The number of hydrogen-bond donors (Lipinski definition) is 2. The Morgan fingerprint density at radius 1 is 1.45 bits per heavy atom. The summed E-state index contributed by atoms with van der Waals surface area (Å²) in [4.78, 5) is 3.99. The molecule has 2 atom stereocenters. The van der Waals surface area contributed by atoms with Crippen molar-refractivity contribution in [1.82, 2.24) is 24.2 Å². The third-order valence-corrected chi connectivity index (χ3v) is 4.61. The molecule has 2 unspecified atom stereocenters. The van der Waals surface area contributed by atoms with Gasteiger partial charge in [-0.05, 0) is 20.3 Å². The Morgan fingerprint density at radius 3 is 2.75 bits per heavy atom. The van der Waals surface area contributed by atoms with Gasteiger partial charge in [0.1, 0.15) is 12.2 Å². The third-order valence-electron chi connectivity index (χ3n) is 3.07. The van der Waals surface area contributed by atoms with Crippen molar-refractivity contribution in [3.8, 4) is 0 Å². The lowest BCUT2D eigenvalue weighted by Gasteiger charge is -2.34. The van der Waals surface area contributed by atoms with E-state index in [0.29, 0.717) is 32.5 Å². The van der Waals surface area contributed by atoms with Gasteiger partial charge in [0.05, 0.1) is 12.2 Å². The molecule has 2 rings (SSSR count). The van der Waals surface area contributed by atoms with Crippen molar-refractivity contribution >= 4 is 10.2 Å². The van der Waals surface area contributed by atoms with E-state index in [-0.39, 0.29) is 12.2 Å². The van der Waals surface area contributed by atoms with Crippen LogP contribution in [0.2, 0.25) is 0 Å². The molecule has 2 heterocycles. The first-order valence-electron chi connectivity index (χ1n) is 6.72. The zero-order valence-corrected chi connectivity index (χ0v) is 12.6. The molecule has 1 aromatic heterocycles. The second kappa shape index (κ2) is 6.61. The number of nitrogens with zero attached hydrogens (tertiary/aromatic N) is 3. The molecular formula is C11H21N5O3S. The van der Waals surface area contributed by atoms with Crippen LogP contribution in [0.3, 0.4) is 0 Å². The van der Waals surface area contributed by atoms with Gasteiger partial charge in [-0.15, -0.1) is 0 Å². The number of nitrogens with one attached hydrogen (secondary N) is 2. The number of aryl methyl sites for hydroxylation is 1. The third kappa shape index (κ3) is 4.23. The summed E-state index contributed by atoms with van der Waals surface area (Å²) in [6.07, 6.45) is 2.62. The lowest BCUT2D eigenvalue weighted by Crippen LogP contribution is -2.52. The molecule has 1 aromatic rings. The van der Waals surface area contributed by atoms with Crippen LogP contribution >= 0.6 is 0 Å². The van der Waals surface area contributed by atoms with Crippen molar-refractivity contribution in [2.45, 2.75) is 38.9 Å². The Balaban J connectivity index is 1.78. The molecule has 0 amide bonds. The average molecular weight is 303 g/mol. The Labute approximate surface area is 119 Å². The number of H-pyrrole nitrogens is 1. The van der Waals surface area contributed by atoms with Gasteiger partial charge >= 0.3 is 0 Å². The maximum Gasteiger partial charge on any atom is 0.279 e. The standard InChI is InChI=1S/C11H21N5O3S/c1-9-6-16(7-10(2)19-9)20(17,18)14-5-3-4-11-12-8-13-15-11/h8-10,14H,3-7H2,1-2H3,(H,12,13,15). The summed E-state index contributed by atoms with van der Waals surface area (Å²) in [5.74, 6) is 0.762. The summed E-state index contributed by atoms with van der Waals surface area (Å²) in [5.41, 5.74) is 0. The first kappa shape index (κ1) is 15.4. The molecule has 0 spiro atoms. The van der Waals surface area contributed by atoms with E-state index in [1.807, 2.05) is 13.8 Å². The van der Waals surface area contributed by atoms with Crippen LogP contribution in [-0.2, 0) is 21.4 Å². The smallest absolute Gasteiger partial charge is 0.279 e. The molecule has 20 heavy (non-hydrogen) atoms. The second-order valence-corrected chi connectivity index (χ2v) is 6.76. The van der Waals surface area contributed by atoms with Crippen molar-refractivity contribution in [3.05, 3.63) is 12.2 Å². The largest absolute Gasteiger partial charge is 0.373 e. The summed E-state index contributed by atoms with van der Waals surface area (Å²) in [6.45, 7) is 4.91. The normalized spacial score (nSPS) is 24.9. The number of rotatable bonds is 6. The van der Waals surface area contributed by atoms with Crippen molar-refractivity contribution in [3.63, 3.8) is 0 Å². The lowest BCUT2D eigenvalue weighted by atomic mass is 10.3. The first-order valence-corrected chi connectivity index (χ1v) is 8.16. The summed E-state index contributed by atoms with van der Waals surface area (Å²) in [5, 5.41) is 6.49. The minimum Gasteiger partial charge on any atom is -0.373 e. The van der Waals surface area contributed by atoms with Gasteiger partial charge in [-0.2, -0.15) is 17.8 Å². The zero-order chi connectivity index (χ0) is 14.6. The summed E-state index contributed by atoms with van der Waals surface area (Å²) >= 11 is 0. The minimum atomic E-state index is -3.43. The quantitative estimate of drug-likeness (QED) is 0.702. The van der Waals surface area contributed by atoms with E-state index in [2.05, 4.69) is 19.9 Å². The van der Waals surface area contributed by atoms with Gasteiger partial charge in [0.15, 0.2) is 0 Å². The van der Waals surface area contributed by atoms with Crippen molar-refractivity contribution < 1.29 is 13.2 Å². The Kier molecular flexibility index (Phi) is 5.08. The first-order chi connectivity index (χ1) is 9.47. The van der Waals surface area contributed by atoms with E-state index < -0.39 is 10.2 Å². The highest BCUT2D eigenvalue weighted by molar-refractivity contribution is 7.87. The molecule has 0 saturated carbocycles. The summed E-state index contributed by atoms with van der Waals surface area (Å²) in [7, 11) is -3.43. The van der Waals surface area contributed by atoms with E-state index in [0.717, 1.165) is 5.82 Å². The molecule has 0 bridgehead atoms. The Hall–Kier alpha value is -1.03. The second-order valence-electron chi connectivity index (χ2n) is 5.01. The van der Waals surface area contributed by atoms with Gasteiger partial charge in [0, 0.05) is 26.1 Å². The van der Waals surface area contributed by atoms with Crippen molar-refractivity contribution in [1.29, 1.82) is 0 Å². The van der Waals surface area contributed by atoms with Crippen LogP contribution in [0.4, 0.5) is 0 Å². The highest BCUT2D eigenvalue weighted by atomic mass is 32.2. The van der Waals surface area contributed by atoms with Crippen LogP contribution in [-0.4, -0.2) is 59.7 Å². The molecule has 1 fully saturated rings. The van der Waals surface area contributed by atoms with Gasteiger partial charge in [-0.1, -0.05) is 0 Å². The fourth-order valence-electron chi connectivity index (χ4n) is 2.23. The van der Waals surface area contributed by atoms with Crippen molar-refractivity contribution in [2.75, 3.05) is 19.6 Å². The Bertz CT molecular complexity index is 494. The summed E-state index contributed by atoms with van der Waals surface area (Å²) < 4.78 is 33.9. The fraction of sp³-hybridized carbons (Fsp3) is 0.818. The van der Waals surface area contributed by atoms with Crippen LogP contribution in [0.1, 0.15) is 26.1 Å². The molecule has 114 valence electrons. The molecule has 1 aliphatic rings. The predicted octanol–water partition coefficient (Wildman–Crippen LogP) is -0.319. The molecule has 1 saturated heterocycles. The molecule has 8 nitrogen and oxygen atoms in total. The molecule has 2 N–H and O–H groups in total. The number of hydrogen-bond acceptors (Lipinski definition) is 5. The van der Waals surface area contributed by atoms with Crippen LogP contribution in [0, 0.1) is 0 Å². The zero-order valence-electron chi connectivity index (χ0n) is 11.7. The Morgan fingerprint density at radius 2 is 2.15 bits per heavy atom. The highest BCUT2D eigenvalue weighted by Crippen LogP contribution is 2.13. The van der Waals surface area contributed by atoms with E-state index in [1.165, 1.54) is 10.6 Å². The maximum atomic E-state index is 12.2. The number of aromatic nitrogens is 3. The number of aromatic amines is 1. The average Bonchev–Trinajstić information content (AvgIpc) is 2.86. The fourth-order valence-corrected chi connectivity index (χ4v) is 3.62. The molecule has 0 aliphatic carbocycles. The molecular weight excluding hydrogens is 282 g/mol. The van der Waals surface area contributed by atoms with Gasteiger partial charge < -0.3 is 4.74 Å². The maximum absolute atomic E-state index is 12.2. The number of morpholine rings is 1. The van der Waals surface area contributed by atoms with Gasteiger partial charge in [-0.3, -0.25) is 5.10 Å². The van der Waals surface area contributed by atoms with Gasteiger partial charge in [0.25, 0.3) is 10.2 Å². The molecule has 0 radical (unpaired) electrons. The van der Waals surface area contributed by atoms with Gasteiger partial charge in [0.2, 0.25) is 0 Å². The van der Waals surface area contributed by atoms with Crippen LogP contribution in [0.5, 0.6) is 0 Å². The highest BCUT2D eigenvalue weighted by Gasteiger charge is 2.30. The van der Waals surface area contributed by atoms with Crippen molar-refractivity contribution in [2.24, 2.45) is 0 Å². The van der Waals surface area contributed by atoms with E-state index in [4.69, 9.17) is 4.74 Å².